The van der Waals surface area contributed by atoms with Gasteiger partial charge in [0.2, 0.25) is 5.91 Å². The number of hydrogen-bond donors (Lipinski definition) is 2. The van der Waals surface area contributed by atoms with Crippen molar-refractivity contribution in [2.75, 3.05) is 25.0 Å². The van der Waals surface area contributed by atoms with Crippen LogP contribution < -0.4 is 11.1 Å². The van der Waals surface area contributed by atoms with Crippen LogP contribution in [-0.2, 0) is 10.2 Å². The standard InChI is InChI=1S/C17H27N3O/c1-17(2,3)13-4-6-15(7-5-13)19-16(21)12-20-10-8-14(18)9-11-20/h4-7,14H,8-12,18H2,1-3H3,(H,19,21). The molecule has 0 bridgehead atoms. The molecule has 0 spiro atoms. The Balaban J connectivity index is 1.85. The van der Waals surface area contributed by atoms with Crippen molar-refractivity contribution in [3.8, 4) is 0 Å². The highest BCUT2D eigenvalue weighted by Crippen LogP contribution is 2.23. The summed E-state index contributed by atoms with van der Waals surface area (Å²) in [6.45, 7) is 8.83. The smallest absolute Gasteiger partial charge is 0.238 e. The number of carbonyl (C=O) groups is 1. The molecule has 0 radical (unpaired) electrons. The topological polar surface area (TPSA) is 58.4 Å². The quantitative estimate of drug-likeness (QED) is 0.898. The molecule has 0 saturated carbocycles. The van der Waals surface area contributed by atoms with E-state index in [-0.39, 0.29) is 11.3 Å². The molecule has 4 heteroatoms. The number of anilines is 1. The van der Waals surface area contributed by atoms with Gasteiger partial charge in [-0.25, -0.2) is 0 Å². The highest BCUT2D eigenvalue weighted by Gasteiger charge is 2.18. The van der Waals surface area contributed by atoms with E-state index in [1.807, 2.05) is 12.1 Å². The van der Waals surface area contributed by atoms with Crippen LogP contribution in [0.25, 0.3) is 0 Å². The van der Waals surface area contributed by atoms with Gasteiger partial charge >= 0.3 is 0 Å². The molecule has 2 rings (SSSR count). The van der Waals surface area contributed by atoms with Crippen LogP contribution in [0.5, 0.6) is 0 Å². The number of likely N-dealkylation sites (tertiary alicyclic amines) is 1. The summed E-state index contributed by atoms with van der Waals surface area (Å²) in [5.74, 6) is 0.0500. The van der Waals surface area contributed by atoms with Crippen molar-refractivity contribution in [1.82, 2.24) is 4.90 Å². The van der Waals surface area contributed by atoms with Gasteiger partial charge < -0.3 is 11.1 Å². The molecule has 0 atom stereocenters. The largest absolute Gasteiger partial charge is 0.328 e. The van der Waals surface area contributed by atoms with Gasteiger partial charge in [-0.15, -0.1) is 0 Å². The zero-order valence-electron chi connectivity index (χ0n) is 13.4. The van der Waals surface area contributed by atoms with Crippen molar-refractivity contribution >= 4 is 11.6 Å². The SMILES string of the molecule is CC(C)(C)c1ccc(NC(=O)CN2CCC(N)CC2)cc1. The minimum Gasteiger partial charge on any atom is -0.328 e. The fourth-order valence-electron chi connectivity index (χ4n) is 2.57. The second-order valence-electron chi connectivity index (χ2n) is 6.99. The second-order valence-corrected chi connectivity index (χ2v) is 6.99. The van der Waals surface area contributed by atoms with Crippen LogP contribution in [0.3, 0.4) is 0 Å². The van der Waals surface area contributed by atoms with E-state index in [1.165, 1.54) is 5.56 Å². The first-order chi connectivity index (χ1) is 9.84. The van der Waals surface area contributed by atoms with Crippen molar-refractivity contribution in [3.63, 3.8) is 0 Å². The fraction of sp³-hybridized carbons (Fsp3) is 0.588. The molecule has 1 aromatic rings. The van der Waals surface area contributed by atoms with Gasteiger partial charge in [-0.05, 0) is 36.0 Å². The number of piperidine rings is 1. The van der Waals surface area contributed by atoms with Gasteiger partial charge in [-0.1, -0.05) is 32.9 Å². The van der Waals surface area contributed by atoms with Gasteiger partial charge in [0.05, 0.1) is 6.54 Å². The molecule has 1 aromatic carbocycles. The van der Waals surface area contributed by atoms with E-state index in [9.17, 15) is 4.79 Å². The first-order valence-electron chi connectivity index (χ1n) is 7.73. The van der Waals surface area contributed by atoms with Crippen LogP contribution in [0.2, 0.25) is 0 Å². The Kier molecular flexibility index (Phi) is 5.01. The lowest BCUT2D eigenvalue weighted by Gasteiger charge is -2.29. The Morgan fingerprint density at radius 2 is 1.81 bits per heavy atom. The molecule has 0 unspecified atom stereocenters. The Morgan fingerprint density at radius 3 is 2.33 bits per heavy atom. The Bertz CT molecular complexity index is 468. The third-order valence-electron chi connectivity index (χ3n) is 4.03. The Labute approximate surface area is 127 Å². The van der Waals surface area contributed by atoms with Crippen LogP contribution in [-0.4, -0.2) is 36.5 Å². The average Bonchev–Trinajstić information content (AvgIpc) is 2.41. The molecule has 1 aliphatic rings. The summed E-state index contributed by atoms with van der Waals surface area (Å²) in [5.41, 5.74) is 8.14. The van der Waals surface area contributed by atoms with E-state index in [0.717, 1.165) is 31.6 Å². The number of nitrogens with one attached hydrogen (secondary N) is 1. The van der Waals surface area contributed by atoms with Crippen LogP contribution in [0, 0.1) is 0 Å². The van der Waals surface area contributed by atoms with Crippen LogP contribution >= 0.6 is 0 Å². The molecular formula is C17H27N3O. The predicted octanol–water partition coefficient (Wildman–Crippen LogP) is 2.35. The van der Waals surface area contributed by atoms with Crippen molar-refractivity contribution in [2.45, 2.75) is 45.1 Å². The van der Waals surface area contributed by atoms with E-state index in [4.69, 9.17) is 5.73 Å². The maximum atomic E-state index is 12.1. The third-order valence-corrected chi connectivity index (χ3v) is 4.03. The molecule has 21 heavy (non-hydrogen) atoms. The molecule has 1 fully saturated rings. The molecule has 4 nitrogen and oxygen atoms in total. The van der Waals surface area contributed by atoms with Crippen molar-refractivity contribution in [3.05, 3.63) is 29.8 Å². The molecule has 1 saturated heterocycles. The molecule has 1 heterocycles. The van der Waals surface area contributed by atoms with Gasteiger partial charge in [0.25, 0.3) is 0 Å². The molecular weight excluding hydrogens is 262 g/mol. The molecule has 1 aliphatic heterocycles. The van der Waals surface area contributed by atoms with Crippen molar-refractivity contribution in [1.29, 1.82) is 0 Å². The number of rotatable bonds is 3. The second kappa shape index (κ2) is 6.58. The fourth-order valence-corrected chi connectivity index (χ4v) is 2.57. The Morgan fingerprint density at radius 1 is 1.24 bits per heavy atom. The van der Waals surface area contributed by atoms with Crippen molar-refractivity contribution in [2.24, 2.45) is 5.73 Å². The average molecular weight is 289 g/mol. The summed E-state index contributed by atoms with van der Waals surface area (Å²) in [6, 6.07) is 8.41. The summed E-state index contributed by atoms with van der Waals surface area (Å²) in [5, 5.41) is 2.97. The summed E-state index contributed by atoms with van der Waals surface area (Å²) in [6.07, 6.45) is 1.96. The third kappa shape index (κ3) is 4.83. The first kappa shape index (κ1) is 16.0. The molecule has 1 amide bonds. The highest BCUT2D eigenvalue weighted by atomic mass is 16.2. The minimum absolute atomic E-state index is 0.0500. The van der Waals surface area contributed by atoms with Gasteiger partial charge in [-0.3, -0.25) is 9.69 Å². The van der Waals surface area contributed by atoms with E-state index in [1.54, 1.807) is 0 Å². The lowest BCUT2D eigenvalue weighted by molar-refractivity contribution is -0.117. The van der Waals surface area contributed by atoms with E-state index in [2.05, 4.69) is 43.1 Å². The minimum atomic E-state index is 0.0500. The summed E-state index contributed by atoms with van der Waals surface area (Å²) >= 11 is 0. The first-order valence-corrected chi connectivity index (χ1v) is 7.73. The highest BCUT2D eigenvalue weighted by molar-refractivity contribution is 5.92. The van der Waals surface area contributed by atoms with E-state index in [0.29, 0.717) is 12.6 Å². The number of nitrogens with two attached hydrogens (primary N) is 1. The van der Waals surface area contributed by atoms with Crippen LogP contribution in [0.4, 0.5) is 5.69 Å². The van der Waals surface area contributed by atoms with E-state index < -0.39 is 0 Å². The molecule has 3 N–H and O–H groups in total. The summed E-state index contributed by atoms with van der Waals surface area (Å²) in [7, 11) is 0. The maximum Gasteiger partial charge on any atom is 0.238 e. The van der Waals surface area contributed by atoms with Gasteiger partial charge in [0.15, 0.2) is 0 Å². The zero-order chi connectivity index (χ0) is 15.5. The summed E-state index contributed by atoms with van der Waals surface area (Å²) < 4.78 is 0. The monoisotopic (exact) mass is 289 g/mol. The lowest BCUT2D eigenvalue weighted by Crippen LogP contribution is -2.43. The maximum absolute atomic E-state index is 12.1. The van der Waals surface area contributed by atoms with Crippen LogP contribution in [0.1, 0.15) is 39.2 Å². The molecule has 116 valence electrons. The number of benzene rings is 1. The van der Waals surface area contributed by atoms with Crippen LogP contribution in [0.15, 0.2) is 24.3 Å². The number of carbonyl (C=O) groups excluding carboxylic acids is 1. The Hall–Kier alpha value is -1.39. The van der Waals surface area contributed by atoms with Crippen molar-refractivity contribution < 1.29 is 4.79 Å². The zero-order valence-corrected chi connectivity index (χ0v) is 13.4. The van der Waals surface area contributed by atoms with E-state index >= 15 is 0 Å². The molecule has 0 aliphatic carbocycles. The predicted molar refractivity (Wildman–Crippen MR) is 87.4 cm³/mol. The number of nitrogens with zero attached hydrogens (tertiary/aromatic N) is 1. The summed E-state index contributed by atoms with van der Waals surface area (Å²) in [4.78, 5) is 14.2. The normalized spacial score (nSPS) is 17.7. The van der Waals surface area contributed by atoms with Gasteiger partial charge in [0, 0.05) is 24.8 Å². The molecule has 0 aromatic heterocycles. The van der Waals surface area contributed by atoms with Gasteiger partial charge in [0.1, 0.15) is 0 Å². The van der Waals surface area contributed by atoms with Gasteiger partial charge in [-0.2, -0.15) is 0 Å². The lowest BCUT2D eigenvalue weighted by atomic mass is 9.87. The number of hydrogen-bond acceptors (Lipinski definition) is 3. The number of amides is 1.